The molecule has 1 fully saturated rings. The van der Waals surface area contributed by atoms with E-state index in [4.69, 9.17) is 26.2 Å². The topological polar surface area (TPSA) is 71.0 Å². The maximum absolute atomic E-state index is 12.5. The fourth-order valence-corrected chi connectivity index (χ4v) is 2.73. The molecule has 1 heterocycles. The first-order chi connectivity index (χ1) is 11.1. The molecule has 0 saturated carbocycles. The number of piperidine rings is 1. The van der Waals surface area contributed by atoms with Gasteiger partial charge >= 0.3 is 6.03 Å². The van der Waals surface area contributed by atoms with Gasteiger partial charge in [0, 0.05) is 18.1 Å². The lowest BCUT2D eigenvalue weighted by atomic mass is 10.1. The van der Waals surface area contributed by atoms with Gasteiger partial charge in [0.15, 0.2) is 0 Å². The second kappa shape index (κ2) is 8.96. The predicted molar refractivity (Wildman–Crippen MR) is 89.3 cm³/mol. The molecular weight excluding hydrogens is 320 g/mol. The van der Waals surface area contributed by atoms with E-state index in [1.165, 1.54) is 0 Å². The van der Waals surface area contributed by atoms with Crippen LogP contribution in [0.5, 0.6) is 5.75 Å². The third-order valence-electron chi connectivity index (χ3n) is 3.59. The van der Waals surface area contributed by atoms with Crippen LogP contribution in [0.4, 0.5) is 10.5 Å². The predicted octanol–water partition coefficient (Wildman–Crippen LogP) is 2.74. The van der Waals surface area contributed by atoms with Crippen molar-refractivity contribution in [2.45, 2.75) is 25.9 Å². The second-order valence-electron chi connectivity index (χ2n) is 5.31. The second-order valence-corrected chi connectivity index (χ2v) is 5.74. The van der Waals surface area contributed by atoms with Gasteiger partial charge in [0.2, 0.25) is 0 Å². The molecule has 0 aromatic heterocycles. The zero-order chi connectivity index (χ0) is 16.7. The van der Waals surface area contributed by atoms with E-state index in [9.17, 15) is 4.79 Å². The van der Waals surface area contributed by atoms with Crippen LogP contribution in [0.15, 0.2) is 18.2 Å². The number of hydrogen-bond acceptors (Lipinski definition) is 4. The average Bonchev–Trinajstić information content (AvgIpc) is 2.56. The highest BCUT2D eigenvalue weighted by molar-refractivity contribution is 6.31. The van der Waals surface area contributed by atoms with Crippen LogP contribution in [0.25, 0.3) is 0 Å². The molecule has 1 atom stereocenters. The number of carbonyl (C=O) groups excluding carboxylic acids is 1. The molecule has 1 saturated heterocycles. The van der Waals surface area contributed by atoms with E-state index in [-0.39, 0.29) is 18.7 Å². The first-order valence-corrected chi connectivity index (χ1v) is 8.22. The lowest BCUT2D eigenvalue weighted by Crippen LogP contribution is -2.45. The van der Waals surface area contributed by atoms with Gasteiger partial charge in [-0.15, -0.1) is 0 Å². The molecule has 7 heteroatoms. The Kier molecular flexibility index (Phi) is 6.95. The zero-order valence-corrected chi connectivity index (χ0v) is 14.0. The quantitative estimate of drug-likeness (QED) is 0.834. The number of hydrogen-bond donors (Lipinski definition) is 2. The molecule has 0 unspecified atom stereocenters. The summed E-state index contributed by atoms with van der Waals surface area (Å²) in [5, 5.41) is 12.2. The van der Waals surface area contributed by atoms with Crippen LogP contribution in [0.1, 0.15) is 19.8 Å². The summed E-state index contributed by atoms with van der Waals surface area (Å²) in [5.41, 5.74) is 0.558. The first-order valence-electron chi connectivity index (χ1n) is 7.84. The summed E-state index contributed by atoms with van der Waals surface area (Å²) in [5.74, 6) is 0.593. The highest BCUT2D eigenvalue weighted by Crippen LogP contribution is 2.28. The van der Waals surface area contributed by atoms with E-state index in [1.54, 1.807) is 23.1 Å². The average molecular weight is 343 g/mol. The lowest BCUT2D eigenvalue weighted by Gasteiger charge is -2.32. The molecule has 1 aromatic rings. The Morgan fingerprint density at radius 2 is 2.35 bits per heavy atom. The Balaban J connectivity index is 1.99. The van der Waals surface area contributed by atoms with E-state index in [0.29, 0.717) is 42.8 Å². The van der Waals surface area contributed by atoms with Crippen LogP contribution >= 0.6 is 11.6 Å². The smallest absolute Gasteiger partial charge is 0.322 e. The van der Waals surface area contributed by atoms with Crippen molar-refractivity contribution in [3.05, 3.63) is 23.2 Å². The number of amides is 2. The highest BCUT2D eigenvalue weighted by atomic mass is 35.5. The number of likely N-dealkylation sites (tertiary alicyclic amines) is 1. The molecular formula is C16H23ClN2O4. The van der Waals surface area contributed by atoms with Gasteiger partial charge < -0.3 is 24.8 Å². The van der Waals surface area contributed by atoms with Crippen molar-refractivity contribution in [1.82, 2.24) is 4.90 Å². The number of nitrogens with one attached hydrogen (secondary N) is 1. The van der Waals surface area contributed by atoms with Crippen molar-refractivity contribution in [3.8, 4) is 5.75 Å². The molecule has 0 aliphatic carbocycles. The molecule has 1 aromatic carbocycles. The van der Waals surface area contributed by atoms with Crippen molar-refractivity contribution >= 4 is 23.3 Å². The van der Waals surface area contributed by atoms with E-state index in [0.717, 1.165) is 12.8 Å². The fourth-order valence-electron chi connectivity index (χ4n) is 2.55. The number of aliphatic hydroxyl groups is 1. The maximum atomic E-state index is 12.5. The minimum absolute atomic E-state index is 0.0110. The van der Waals surface area contributed by atoms with Crippen LogP contribution in [-0.2, 0) is 4.74 Å². The monoisotopic (exact) mass is 342 g/mol. The summed E-state index contributed by atoms with van der Waals surface area (Å²) in [4.78, 5) is 14.2. The van der Waals surface area contributed by atoms with Crippen LogP contribution in [0.2, 0.25) is 5.02 Å². The zero-order valence-electron chi connectivity index (χ0n) is 13.3. The summed E-state index contributed by atoms with van der Waals surface area (Å²) < 4.78 is 11.0. The van der Waals surface area contributed by atoms with Crippen LogP contribution < -0.4 is 10.1 Å². The minimum Gasteiger partial charge on any atom is -0.492 e. The van der Waals surface area contributed by atoms with Gasteiger partial charge in [0.25, 0.3) is 0 Å². The molecule has 2 amide bonds. The molecule has 0 radical (unpaired) electrons. The van der Waals surface area contributed by atoms with Crippen molar-refractivity contribution < 1.29 is 19.4 Å². The van der Waals surface area contributed by atoms with Crippen LogP contribution in [0.3, 0.4) is 0 Å². The highest BCUT2D eigenvalue weighted by Gasteiger charge is 2.24. The summed E-state index contributed by atoms with van der Waals surface area (Å²) in [6, 6.07) is 4.94. The molecule has 2 N–H and O–H groups in total. The number of carbonyl (C=O) groups is 1. The molecule has 128 valence electrons. The van der Waals surface area contributed by atoms with E-state index in [1.807, 2.05) is 6.92 Å². The number of anilines is 1. The standard InChI is InChI=1S/C16H23ClN2O4/c1-2-22-15-6-5-12(17)10-14(15)18-16(21)19-7-3-4-13(11-19)23-9-8-20/h5-6,10,13,20H,2-4,7-9,11H2,1H3,(H,18,21)/t13-/m0/s1. The largest absolute Gasteiger partial charge is 0.492 e. The number of ether oxygens (including phenoxy) is 2. The fraction of sp³-hybridized carbons (Fsp3) is 0.562. The van der Waals surface area contributed by atoms with Gasteiger partial charge in [-0.1, -0.05) is 11.6 Å². The molecule has 2 rings (SSSR count). The van der Waals surface area contributed by atoms with Crippen molar-refractivity contribution in [3.63, 3.8) is 0 Å². The van der Waals surface area contributed by atoms with Crippen molar-refractivity contribution in [2.75, 3.05) is 38.2 Å². The molecule has 6 nitrogen and oxygen atoms in total. The Morgan fingerprint density at radius 3 is 3.09 bits per heavy atom. The minimum atomic E-state index is -0.203. The Bertz CT molecular complexity index is 527. The number of rotatable bonds is 6. The van der Waals surface area contributed by atoms with E-state index in [2.05, 4.69) is 5.32 Å². The normalized spacial score (nSPS) is 17.9. The lowest BCUT2D eigenvalue weighted by molar-refractivity contribution is -0.00462. The molecule has 0 spiro atoms. The van der Waals surface area contributed by atoms with Crippen LogP contribution in [-0.4, -0.2) is 55.1 Å². The molecule has 23 heavy (non-hydrogen) atoms. The number of nitrogens with zero attached hydrogens (tertiary/aromatic N) is 1. The van der Waals surface area contributed by atoms with Gasteiger partial charge in [0.1, 0.15) is 5.75 Å². The summed E-state index contributed by atoms with van der Waals surface area (Å²) in [6.45, 7) is 3.86. The molecule has 1 aliphatic rings. The SMILES string of the molecule is CCOc1ccc(Cl)cc1NC(=O)N1CCC[C@H](OCCO)C1. The number of urea groups is 1. The summed E-state index contributed by atoms with van der Waals surface area (Å²) >= 11 is 6.00. The van der Waals surface area contributed by atoms with Crippen molar-refractivity contribution in [1.29, 1.82) is 0 Å². The molecule has 1 aliphatic heterocycles. The Morgan fingerprint density at radius 1 is 1.52 bits per heavy atom. The van der Waals surface area contributed by atoms with E-state index < -0.39 is 0 Å². The number of benzene rings is 1. The summed E-state index contributed by atoms with van der Waals surface area (Å²) in [6.07, 6.45) is 1.73. The van der Waals surface area contributed by atoms with Crippen molar-refractivity contribution in [2.24, 2.45) is 0 Å². The third-order valence-corrected chi connectivity index (χ3v) is 3.83. The van der Waals surface area contributed by atoms with E-state index >= 15 is 0 Å². The van der Waals surface area contributed by atoms with Gasteiger partial charge in [-0.25, -0.2) is 4.79 Å². The molecule has 0 bridgehead atoms. The number of aliphatic hydroxyl groups excluding tert-OH is 1. The first kappa shape index (κ1) is 17.8. The Labute approximate surface area is 141 Å². The van der Waals surface area contributed by atoms with Gasteiger partial charge in [-0.3, -0.25) is 0 Å². The van der Waals surface area contributed by atoms with Gasteiger partial charge in [-0.05, 0) is 38.0 Å². The van der Waals surface area contributed by atoms with Gasteiger partial charge in [0.05, 0.1) is 31.6 Å². The Hall–Kier alpha value is -1.50. The van der Waals surface area contributed by atoms with Gasteiger partial charge in [-0.2, -0.15) is 0 Å². The van der Waals surface area contributed by atoms with Crippen LogP contribution in [0, 0.1) is 0 Å². The maximum Gasteiger partial charge on any atom is 0.322 e. The summed E-state index contributed by atoms with van der Waals surface area (Å²) in [7, 11) is 0. The number of halogens is 1. The third kappa shape index (κ3) is 5.27.